The van der Waals surface area contributed by atoms with E-state index < -0.39 is 10.0 Å². The third-order valence-corrected chi connectivity index (χ3v) is 5.36. The molecule has 19 heavy (non-hydrogen) atoms. The average molecular weight is 282 g/mol. The van der Waals surface area contributed by atoms with E-state index in [0.29, 0.717) is 4.90 Å². The molecule has 5 heteroatoms. The van der Waals surface area contributed by atoms with E-state index in [-0.39, 0.29) is 6.04 Å². The maximum Gasteiger partial charge on any atom is 0.241 e. The van der Waals surface area contributed by atoms with Crippen molar-refractivity contribution in [3.63, 3.8) is 0 Å². The fraction of sp³-hybridized carbons (Fsp3) is 0.571. The van der Waals surface area contributed by atoms with E-state index in [2.05, 4.69) is 10.0 Å². The highest BCUT2D eigenvalue weighted by Crippen LogP contribution is 2.22. The average Bonchev–Trinajstić information content (AvgIpc) is 2.27. The van der Waals surface area contributed by atoms with Gasteiger partial charge in [-0.1, -0.05) is 17.7 Å². The Labute approximate surface area is 115 Å². The molecule has 1 heterocycles. The Morgan fingerprint density at radius 2 is 1.63 bits per heavy atom. The third kappa shape index (κ3) is 3.35. The number of aryl methyl sites for hydroxylation is 3. The van der Waals surface area contributed by atoms with E-state index in [1.807, 2.05) is 32.9 Å². The lowest BCUT2D eigenvalue weighted by atomic mass is 10.1. The van der Waals surface area contributed by atoms with E-state index in [0.717, 1.165) is 42.6 Å². The first kappa shape index (κ1) is 14.5. The molecule has 0 radical (unpaired) electrons. The summed E-state index contributed by atoms with van der Waals surface area (Å²) in [5, 5.41) is 3.24. The van der Waals surface area contributed by atoms with Crippen LogP contribution in [0.4, 0.5) is 0 Å². The molecule has 0 aromatic heterocycles. The summed E-state index contributed by atoms with van der Waals surface area (Å²) in [6.07, 6.45) is 1.70. The van der Waals surface area contributed by atoms with Gasteiger partial charge in [-0.15, -0.1) is 0 Å². The summed E-state index contributed by atoms with van der Waals surface area (Å²) in [5.74, 6) is 0. The van der Waals surface area contributed by atoms with Crippen molar-refractivity contribution in [2.45, 2.75) is 44.6 Å². The second kappa shape index (κ2) is 5.61. The number of hydrogen-bond donors (Lipinski definition) is 2. The molecule has 4 nitrogen and oxygen atoms in total. The highest BCUT2D eigenvalue weighted by atomic mass is 32.2. The Hall–Kier alpha value is -0.910. The Kier molecular flexibility index (Phi) is 4.28. The zero-order valence-corrected chi connectivity index (χ0v) is 12.6. The van der Waals surface area contributed by atoms with Crippen LogP contribution in [-0.2, 0) is 10.0 Å². The van der Waals surface area contributed by atoms with Gasteiger partial charge >= 0.3 is 0 Å². The van der Waals surface area contributed by atoms with Crippen molar-refractivity contribution in [3.05, 3.63) is 28.8 Å². The Morgan fingerprint density at radius 1 is 1.11 bits per heavy atom. The van der Waals surface area contributed by atoms with Gasteiger partial charge in [-0.25, -0.2) is 13.1 Å². The minimum absolute atomic E-state index is 0.0475. The van der Waals surface area contributed by atoms with Gasteiger partial charge in [0.15, 0.2) is 0 Å². The molecule has 1 aromatic carbocycles. The molecule has 0 aliphatic carbocycles. The molecule has 0 saturated carbocycles. The molecule has 1 aromatic rings. The van der Waals surface area contributed by atoms with Crippen molar-refractivity contribution >= 4 is 10.0 Å². The van der Waals surface area contributed by atoms with Gasteiger partial charge < -0.3 is 5.32 Å². The van der Waals surface area contributed by atoms with Gasteiger partial charge in [-0.05, 0) is 57.8 Å². The SMILES string of the molecule is Cc1cc(C)c(S(=O)(=O)NC2CCNCC2)c(C)c1. The molecule has 1 aliphatic heterocycles. The Bertz CT molecular complexity index is 538. The quantitative estimate of drug-likeness (QED) is 0.886. The molecule has 0 bridgehead atoms. The van der Waals surface area contributed by atoms with Crippen molar-refractivity contribution in [2.75, 3.05) is 13.1 Å². The molecule has 0 atom stereocenters. The van der Waals surface area contributed by atoms with Crippen molar-refractivity contribution < 1.29 is 8.42 Å². The van der Waals surface area contributed by atoms with Crippen LogP contribution in [0.25, 0.3) is 0 Å². The largest absolute Gasteiger partial charge is 0.317 e. The molecule has 0 unspecified atom stereocenters. The van der Waals surface area contributed by atoms with Gasteiger partial charge in [0, 0.05) is 6.04 Å². The van der Waals surface area contributed by atoms with E-state index in [1.165, 1.54) is 0 Å². The van der Waals surface area contributed by atoms with Crippen LogP contribution in [-0.4, -0.2) is 27.5 Å². The monoisotopic (exact) mass is 282 g/mol. The number of hydrogen-bond acceptors (Lipinski definition) is 3. The summed E-state index contributed by atoms with van der Waals surface area (Å²) in [5.41, 5.74) is 2.73. The molecule has 2 rings (SSSR count). The molecule has 2 N–H and O–H groups in total. The lowest BCUT2D eigenvalue weighted by Crippen LogP contribution is -2.42. The summed E-state index contributed by atoms with van der Waals surface area (Å²) in [4.78, 5) is 0.441. The fourth-order valence-electron chi connectivity index (χ4n) is 2.81. The minimum Gasteiger partial charge on any atom is -0.317 e. The highest BCUT2D eigenvalue weighted by Gasteiger charge is 2.24. The first-order valence-electron chi connectivity index (χ1n) is 6.71. The maximum atomic E-state index is 12.5. The summed E-state index contributed by atoms with van der Waals surface area (Å²) in [6, 6.07) is 3.89. The van der Waals surface area contributed by atoms with Gasteiger partial charge in [-0.2, -0.15) is 0 Å². The topological polar surface area (TPSA) is 58.2 Å². The van der Waals surface area contributed by atoms with Crippen LogP contribution in [0.1, 0.15) is 29.5 Å². The third-order valence-electron chi connectivity index (χ3n) is 3.53. The number of piperidine rings is 1. The highest BCUT2D eigenvalue weighted by molar-refractivity contribution is 7.89. The molecular weight excluding hydrogens is 260 g/mol. The molecule has 106 valence electrons. The normalized spacial score (nSPS) is 17.6. The maximum absolute atomic E-state index is 12.5. The molecule has 1 fully saturated rings. The predicted molar refractivity (Wildman–Crippen MR) is 76.9 cm³/mol. The van der Waals surface area contributed by atoms with Crippen LogP contribution in [0.2, 0.25) is 0 Å². The van der Waals surface area contributed by atoms with E-state index in [1.54, 1.807) is 0 Å². The van der Waals surface area contributed by atoms with E-state index in [9.17, 15) is 8.42 Å². The second-order valence-electron chi connectivity index (χ2n) is 5.37. The molecule has 1 aliphatic rings. The van der Waals surface area contributed by atoms with E-state index >= 15 is 0 Å². The number of sulfonamides is 1. The van der Waals surface area contributed by atoms with Gasteiger partial charge in [0.2, 0.25) is 10.0 Å². The summed E-state index contributed by atoms with van der Waals surface area (Å²) < 4.78 is 27.9. The number of rotatable bonds is 3. The smallest absolute Gasteiger partial charge is 0.241 e. The predicted octanol–water partition coefficient (Wildman–Crippen LogP) is 1.64. The molecule has 0 spiro atoms. The first-order valence-corrected chi connectivity index (χ1v) is 8.19. The van der Waals surface area contributed by atoms with Crippen LogP contribution in [0.3, 0.4) is 0 Å². The zero-order valence-electron chi connectivity index (χ0n) is 11.8. The summed E-state index contributed by atoms with van der Waals surface area (Å²) in [6.45, 7) is 7.45. The summed E-state index contributed by atoms with van der Waals surface area (Å²) in [7, 11) is -3.42. The Balaban J connectivity index is 2.29. The van der Waals surface area contributed by atoms with Crippen LogP contribution in [0.15, 0.2) is 17.0 Å². The van der Waals surface area contributed by atoms with Gasteiger partial charge in [-0.3, -0.25) is 0 Å². The Morgan fingerprint density at radius 3 is 2.16 bits per heavy atom. The number of benzene rings is 1. The van der Waals surface area contributed by atoms with Crippen molar-refractivity contribution in [1.82, 2.24) is 10.0 Å². The minimum atomic E-state index is -3.42. The molecular formula is C14H22N2O2S. The lowest BCUT2D eigenvalue weighted by molar-refractivity contribution is 0.427. The van der Waals surface area contributed by atoms with Gasteiger partial charge in [0.25, 0.3) is 0 Å². The standard InChI is InChI=1S/C14H22N2O2S/c1-10-8-11(2)14(12(3)9-10)19(17,18)16-13-4-6-15-7-5-13/h8-9,13,15-16H,4-7H2,1-3H3. The van der Waals surface area contributed by atoms with Gasteiger partial charge in [0.1, 0.15) is 0 Å². The first-order chi connectivity index (χ1) is 8.90. The molecule has 0 amide bonds. The van der Waals surface area contributed by atoms with E-state index in [4.69, 9.17) is 0 Å². The zero-order chi connectivity index (χ0) is 14.0. The van der Waals surface area contributed by atoms with Crippen LogP contribution >= 0.6 is 0 Å². The van der Waals surface area contributed by atoms with Crippen molar-refractivity contribution in [1.29, 1.82) is 0 Å². The summed E-state index contributed by atoms with van der Waals surface area (Å²) >= 11 is 0. The van der Waals surface area contributed by atoms with Crippen molar-refractivity contribution in [2.24, 2.45) is 0 Å². The van der Waals surface area contributed by atoms with Crippen LogP contribution < -0.4 is 10.0 Å². The van der Waals surface area contributed by atoms with Gasteiger partial charge in [0.05, 0.1) is 4.90 Å². The van der Waals surface area contributed by atoms with Crippen LogP contribution in [0.5, 0.6) is 0 Å². The number of nitrogens with one attached hydrogen (secondary N) is 2. The van der Waals surface area contributed by atoms with Crippen LogP contribution in [0, 0.1) is 20.8 Å². The molecule has 1 saturated heterocycles. The van der Waals surface area contributed by atoms with Crippen molar-refractivity contribution in [3.8, 4) is 0 Å². The lowest BCUT2D eigenvalue weighted by Gasteiger charge is -2.24. The second-order valence-corrected chi connectivity index (χ2v) is 7.02. The fourth-order valence-corrected chi connectivity index (χ4v) is 4.57.